The molecule has 3 amide bonds. The van der Waals surface area contributed by atoms with Crippen molar-refractivity contribution < 1.29 is 19.5 Å². The molecule has 2 aliphatic rings. The minimum atomic E-state index is -1.03. The molecule has 3 unspecified atom stereocenters. The maximum atomic E-state index is 12.6. The lowest BCUT2D eigenvalue weighted by molar-refractivity contribution is -0.176. The van der Waals surface area contributed by atoms with Crippen molar-refractivity contribution in [3.8, 4) is 0 Å². The van der Waals surface area contributed by atoms with Crippen molar-refractivity contribution in [2.75, 3.05) is 13.1 Å². The second-order valence-electron chi connectivity index (χ2n) is 6.30. The number of carbonyl (C=O) groups is 3. The zero-order valence-corrected chi connectivity index (χ0v) is 12.7. The number of hydrogen-bond donors (Lipinski definition) is 2. The van der Waals surface area contributed by atoms with Gasteiger partial charge in [-0.25, -0.2) is 0 Å². The van der Waals surface area contributed by atoms with Crippen molar-refractivity contribution in [3.63, 3.8) is 0 Å². The molecule has 0 aromatic heterocycles. The van der Waals surface area contributed by atoms with Gasteiger partial charge in [0.2, 0.25) is 11.8 Å². The highest BCUT2D eigenvalue weighted by molar-refractivity contribution is 6.00. The second-order valence-corrected chi connectivity index (χ2v) is 6.30. The van der Waals surface area contributed by atoms with Gasteiger partial charge in [-0.2, -0.15) is 0 Å². The van der Waals surface area contributed by atoms with Gasteiger partial charge in [0, 0.05) is 12.5 Å². The zero-order valence-electron chi connectivity index (χ0n) is 12.7. The Labute approximate surface area is 124 Å². The van der Waals surface area contributed by atoms with E-state index in [0.717, 1.165) is 6.42 Å². The summed E-state index contributed by atoms with van der Waals surface area (Å²) in [5, 5.41) is 9.66. The summed E-state index contributed by atoms with van der Waals surface area (Å²) < 4.78 is 0. The van der Waals surface area contributed by atoms with Crippen LogP contribution in [0.2, 0.25) is 0 Å². The van der Waals surface area contributed by atoms with Crippen LogP contribution in [-0.2, 0) is 14.4 Å². The van der Waals surface area contributed by atoms with Gasteiger partial charge in [0.1, 0.15) is 11.6 Å². The molecular formula is C14H23N3O4. The average Bonchev–Trinajstić information content (AvgIpc) is 2.82. The highest BCUT2D eigenvalue weighted by Crippen LogP contribution is 2.41. The Balaban J connectivity index is 2.20. The van der Waals surface area contributed by atoms with Gasteiger partial charge in [0.05, 0.1) is 12.6 Å². The lowest BCUT2D eigenvalue weighted by Gasteiger charge is -2.53. The second kappa shape index (κ2) is 5.29. The SMILES string of the molecule is CC(C)C(=O)N1CCCC12CN(C(C(N)=O)C(C)O)C2=O. The quantitative estimate of drug-likeness (QED) is 0.655. The summed E-state index contributed by atoms with van der Waals surface area (Å²) in [6.45, 7) is 5.86. The predicted octanol–water partition coefficient (Wildman–Crippen LogP) is -0.919. The van der Waals surface area contributed by atoms with E-state index in [1.165, 1.54) is 11.8 Å². The van der Waals surface area contributed by atoms with Gasteiger partial charge >= 0.3 is 0 Å². The first-order valence-electron chi connectivity index (χ1n) is 7.32. The molecule has 2 aliphatic heterocycles. The molecular weight excluding hydrogens is 274 g/mol. The Kier molecular flexibility index (Phi) is 3.97. The van der Waals surface area contributed by atoms with Gasteiger partial charge < -0.3 is 20.6 Å². The molecule has 0 bridgehead atoms. The minimum absolute atomic E-state index is 0.0480. The third-order valence-corrected chi connectivity index (χ3v) is 4.42. The minimum Gasteiger partial charge on any atom is -0.391 e. The summed E-state index contributed by atoms with van der Waals surface area (Å²) in [5.74, 6) is -1.23. The number of β-lactam (4-membered cyclic amide) rings is 1. The Morgan fingerprint density at radius 3 is 2.38 bits per heavy atom. The molecule has 0 aliphatic carbocycles. The van der Waals surface area contributed by atoms with E-state index in [4.69, 9.17) is 5.73 Å². The Hall–Kier alpha value is -1.63. The number of carbonyl (C=O) groups excluding carboxylic acids is 3. The van der Waals surface area contributed by atoms with Crippen LogP contribution in [0.3, 0.4) is 0 Å². The monoisotopic (exact) mass is 297 g/mol. The first-order valence-corrected chi connectivity index (χ1v) is 7.32. The normalized spacial score (nSPS) is 28.0. The molecule has 3 N–H and O–H groups in total. The van der Waals surface area contributed by atoms with E-state index < -0.39 is 23.6 Å². The molecule has 1 spiro atoms. The number of nitrogens with zero attached hydrogens (tertiary/aromatic N) is 2. The molecule has 0 aromatic carbocycles. The summed E-state index contributed by atoms with van der Waals surface area (Å²) in [6, 6.07) is -1.03. The van der Waals surface area contributed by atoms with E-state index in [1.54, 1.807) is 18.7 Å². The van der Waals surface area contributed by atoms with E-state index in [1.807, 2.05) is 0 Å². The van der Waals surface area contributed by atoms with Crippen molar-refractivity contribution >= 4 is 17.7 Å². The van der Waals surface area contributed by atoms with Crippen molar-refractivity contribution in [1.29, 1.82) is 0 Å². The third-order valence-electron chi connectivity index (χ3n) is 4.42. The maximum absolute atomic E-state index is 12.6. The summed E-state index contributed by atoms with van der Waals surface area (Å²) in [6.07, 6.45) is 0.347. The summed E-state index contributed by atoms with van der Waals surface area (Å²) >= 11 is 0. The van der Waals surface area contributed by atoms with Crippen LogP contribution in [0.15, 0.2) is 0 Å². The highest BCUT2D eigenvalue weighted by Gasteiger charge is 2.62. The third kappa shape index (κ3) is 2.29. The van der Waals surface area contributed by atoms with E-state index in [2.05, 4.69) is 0 Å². The molecule has 7 nitrogen and oxygen atoms in total. The molecule has 2 saturated heterocycles. The van der Waals surface area contributed by atoms with Gasteiger partial charge in [-0.05, 0) is 19.8 Å². The van der Waals surface area contributed by atoms with E-state index in [0.29, 0.717) is 13.0 Å². The fraction of sp³-hybridized carbons (Fsp3) is 0.786. The topological polar surface area (TPSA) is 104 Å². The lowest BCUT2D eigenvalue weighted by atomic mass is 9.83. The van der Waals surface area contributed by atoms with Gasteiger partial charge in [-0.3, -0.25) is 14.4 Å². The summed E-state index contributed by atoms with van der Waals surface area (Å²) in [7, 11) is 0. The average molecular weight is 297 g/mol. The van der Waals surface area contributed by atoms with Crippen LogP contribution in [0.1, 0.15) is 33.6 Å². The highest BCUT2D eigenvalue weighted by atomic mass is 16.3. The van der Waals surface area contributed by atoms with E-state index in [9.17, 15) is 19.5 Å². The van der Waals surface area contributed by atoms with Crippen LogP contribution in [0.4, 0.5) is 0 Å². The number of hydrogen-bond acceptors (Lipinski definition) is 4. The number of likely N-dealkylation sites (tertiary alicyclic amines) is 2. The maximum Gasteiger partial charge on any atom is 0.251 e. The molecule has 7 heteroatoms. The number of primary amides is 1. The van der Waals surface area contributed by atoms with Crippen LogP contribution in [0.5, 0.6) is 0 Å². The first-order chi connectivity index (χ1) is 9.72. The van der Waals surface area contributed by atoms with Gasteiger partial charge in [-0.15, -0.1) is 0 Å². The number of aliphatic hydroxyl groups is 1. The number of rotatable bonds is 4. The molecule has 21 heavy (non-hydrogen) atoms. The van der Waals surface area contributed by atoms with Crippen molar-refractivity contribution in [2.24, 2.45) is 11.7 Å². The van der Waals surface area contributed by atoms with Crippen LogP contribution in [0, 0.1) is 5.92 Å². The van der Waals surface area contributed by atoms with Crippen LogP contribution in [0.25, 0.3) is 0 Å². The molecule has 118 valence electrons. The standard InChI is InChI=1S/C14H23N3O4/c1-8(2)12(20)17-6-4-5-14(17)7-16(13(14)21)10(9(3)18)11(15)19/h8-10,18H,4-7H2,1-3H3,(H2,15,19). The van der Waals surface area contributed by atoms with Gasteiger partial charge in [-0.1, -0.05) is 13.8 Å². The van der Waals surface area contributed by atoms with E-state index in [-0.39, 0.29) is 24.3 Å². The largest absolute Gasteiger partial charge is 0.391 e. The predicted molar refractivity (Wildman–Crippen MR) is 74.9 cm³/mol. The zero-order chi connectivity index (χ0) is 15.9. The Bertz CT molecular complexity index is 477. The fourth-order valence-corrected chi connectivity index (χ4v) is 3.37. The Morgan fingerprint density at radius 1 is 1.33 bits per heavy atom. The smallest absolute Gasteiger partial charge is 0.251 e. The van der Waals surface area contributed by atoms with Crippen LogP contribution in [-0.4, -0.2) is 63.4 Å². The van der Waals surface area contributed by atoms with Crippen LogP contribution < -0.4 is 5.73 Å². The fourth-order valence-electron chi connectivity index (χ4n) is 3.37. The number of amides is 3. The molecule has 0 aromatic rings. The van der Waals surface area contributed by atoms with Crippen molar-refractivity contribution in [3.05, 3.63) is 0 Å². The number of aliphatic hydroxyl groups excluding tert-OH is 1. The summed E-state index contributed by atoms with van der Waals surface area (Å²) in [4.78, 5) is 39.2. The van der Waals surface area contributed by atoms with Crippen molar-refractivity contribution in [2.45, 2.75) is 51.3 Å². The molecule has 3 atom stereocenters. The van der Waals surface area contributed by atoms with Crippen molar-refractivity contribution in [1.82, 2.24) is 9.80 Å². The van der Waals surface area contributed by atoms with Gasteiger partial charge in [0.25, 0.3) is 5.91 Å². The van der Waals surface area contributed by atoms with E-state index >= 15 is 0 Å². The molecule has 0 radical (unpaired) electrons. The van der Waals surface area contributed by atoms with Gasteiger partial charge in [0.15, 0.2) is 0 Å². The molecule has 2 rings (SSSR count). The lowest BCUT2D eigenvalue weighted by Crippen LogP contribution is -2.77. The summed E-state index contributed by atoms with van der Waals surface area (Å²) in [5.41, 5.74) is 4.44. The molecule has 2 heterocycles. The molecule has 2 fully saturated rings. The van der Waals surface area contributed by atoms with Crippen LogP contribution >= 0.6 is 0 Å². The molecule has 0 saturated carbocycles. The Morgan fingerprint density at radius 2 is 1.95 bits per heavy atom. The number of nitrogens with two attached hydrogens (primary N) is 1. The first kappa shape index (κ1) is 15.8.